The third-order valence-corrected chi connectivity index (χ3v) is 4.98. The number of carbonyl (C=O) groups excluding carboxylic acids is 1. The Morgan fingerprint density at radius 3 is 2.57 bits per heavy atom. The third kappa shape index (κ3) is 3.68. The largest absolute Gasteiger partial charge is 0.365 e. The number of nitrogens with zero attached hydrogens (tertiary/aromatic N) is 4. The smallest absolute Gasteiger partial charge is 0.251 e. The Balaban J connectivity index is 1.53. The first-order valence-corrected chi connectivity index (χ1v) is 8.85. The van der Waals surface area contributed by atoms with Gasteiger partial charge in [0.2, 0.25) is 5.95 Å². The first-order chi connectivity index (χ1) is 11.2. The summed E-state index contributed by atoms with van der Waals surface area (Å²) in [6, 6.07) is 0. The zero-order valence-electron chi connectivity index (χ0n) is 14.3. The molecule has 1 aromatic rings. The summed E-state index contributed by atoms with van der Waals surface area (Å²) in [7, 11) is 2.00. The van der Waals surface area contributed by atoms with Crippen LogP contribution in [0.4, 0.5) is 5.95 Å². The molecule has 3 rings (SSSR count). The molecule has 2 aliphatic rings. The van der Waals surface area contributed by atoms with Crippen LogP contribution in [0.5, 0.6) is 0 Å². The molecule has 1 amide bonds. The van der Waals surface area contributed by atoms with E-state index in [0.717, 1.165) is 51.4 Å². The molecule has 1 atom stereocenters. The van der Waals surface area contributed by atoms with Crippen molar-refractivity contribution in [3.8, 4) is 0 Å². The Kier molecular flexibility index (Phi) is 5.20. The quantitative estimate of drug-likeness (QED) is 0.830. The van der Waals surface area contributed by atoms with Crippen molar-refractivity contribution in [2.75, 3.05) is 31.1 Å². The number of carbonyl (C=O) groups is 1. The van der Waals surface area contributed by atoms with Gasteiger partial charge < -0.3 is 19.1 Å². The first kappa shape index (κ1) is 16.3. The Morgan fingerprint density at radius 1 is 1.30 bits per heavy atom. The molecule has 6 nitrogen and oxygen atoms in total. The van der Waals surface area contributed by atoms with Crippen LogP contribution in [0, 0.1) is 0 Å². The van der Waals surface area contributed by atoms with Crippen molar-refractivity contribution in [1.29, 1.82) is 0 Å². The monoisotopic (exact) mass is 320 g/mol. The fourth-order valence-electron chi connectivity index (χ4n) is 3.58. The molecule has 1 saturated carbocycles. The number of imidazole rings is 1. The van der Waals surface area contributed by atoms with Crippen LogP contribution in [0.15, 0.2) is 12.4 Å². The van der Waals surface area contributed by atoms with Crippen molar-refractivity contribution >= 4 is 11.9 Å². The van der Waals surface area contributed by atoms with E-state index in [0.29, 0.717) is 0 Å². The molecule has 1 aromatic heterocycles. The summed E-state index contributed by atoms with van der Waals surface area (Å²) < 4.78 is 8.10. The standard InChI is InChI=1S/C17H28N4O2/c1-3-15(23-14-6-4-5-7-14)16(22)20-10-12-21(13-11-20)17-18-8-9-19(17)2/h8-9,14-15H,3-7,10-13H2,1-2H3/t15-/m0/s1. The van der Waals surface area contributed by atoms with Crippen LogP contribution >= 0.6 is 0 Å². The van der Waals surface area contributed by atoms with E-state index in [1.807, 2.05) is 35.8 Å². The van der Waals surface area contributed by atoms with Crippen LogP contribution in [-0.4, -0.2) is 58.7 Å². The summed E-state index contributed by atoms with van der Waals surface area (Å²) in [6.07, 6.45) is 9.23. The molecule has 2 heterocycles. The number of aromatic nitrogens is 2. The van der Waals surface area contributed by atoms with Gasteiger partial charge in [-0.15, -0.1) is 0 Å². The summed E-state index contributed by atoms with van der Waals surface area (Å²) >= 11 is 0. The van der Waals surface area contributed by atoms with Crippen molar-refractivity contribution in [3.05, 3.63) is 12.4 Å². The van der Waals surface area contributed by atoms with E-state index < -0.39 is 0 Å². The second-order valence-electron chi connectivity index (χ2n) is 6.59. The number of anilines is 1. The van der Waals surface area contributed by atoms with E-state index >= 15 is 0 Å². The summed E-state index contributed by atoms with van der Waals surface area (Å²) in [6.45, 7) is 5.20. The molecular weight excluding hydrogens is 292 g/mol. The van der Waals surface area contributed by atoms with Crippen LogP contribution < -0.4 is 4.90 Å². The molecule has 0 bridgehead atoms. The van der Waals surface area contributed by atoms with Gasteiger partial charge in [0.05, 0.1) is 6.10 Å². The van der Waals surface area contributed by atoms with E-state index in [9.17, 15) is 4.79 Å². The number of piperazine rings is 1. The van der Waals surface area contributed by atoms with Gasteiger partial charge in [0, 0.05) is 45.6 Å². The molecule has 6 heteroatoms. The highest BCUT2D eigenvalue weighted by molar-refractivity contribution is 5.81. The lowest BCUT2D eigenvalue weighted by atomic mass is 10.2. The second kappa shape index (κ2) is 7.34. The van der Waals surface area contributed by atoms with E-state index in [1.165, 1.54) is 12.8 Å². The zero-order valence-corrected chi connectivity index (χ0v) is 14.3. The Hall–Kier alpha value is -1.56. The van der Waals surface area contributed by atoms with Gasteiger partial charge in [0.25, 0.3) is 5.91 Å². The normalized spacial score (nSPS) is 21.0. The Labute approximate surface area is 138 Å². The molecule has 1 saturated heterocycles. The van der Waals surface area contributed by atoms with Crippen LogP contribution in [0.2, 0.25) is 0 Å². The summed E-state index contributed by atoms with van der Waals surface area (Å²) in [5, 5.41) is 0. The van der Waals surface area contributed by atoms with Gasteiger partial charge in [-0.05, 0) is 19.3 Å². The van der Waals surface area contributed by atoms with Gasteiger partial charge in [0.15, 0.2) is 0 Å². The van der Waals surface area contributed by atoms with Crippen molar-refractivity contribution in [2.45, 2.75) is 51.2 Å². The van der Waals surface area contributed by atoms with Gasteiger partial charge >= 0.3 is 0 Å². The molecule has 0 N–H and O–H groups in total. The predicted molar refractivity (Wildman–Crippen MR) is 89.4 cm³/mol. The zero-order chi connectivity index (χ0) is 16.2. The SMILES string of the molecule is CC[C@H](OC1CCCC1)C(=O)N1CCN(c2nccn2C)CC1. The van der Waals surface area contributed by atoms with Gasteiger partial charge in [-0.25, -0.2) is 4.98 Å². The second-order valence-corrected chi connectivity index (χ2v) is 6.59. The lowest BCUT2D eigenvalue weighted by Gasteiger charge is -2.37. The molecule has 128 valence electrons. The number of amides is 1. The molecule has 0 spiro atoms. The highest BCUT2D eigenvalue weighted by Crippen LogP contribution is 2.24. The fraction of sp³-hybridized carbons (Fsp3) is 0.765. The molecule has 1 aliphatic carbocycles. The Morgan fingerprint density at radius 2 is 2.00 bits per heavy atom. The lowest BCUT2D eigenvalue weighted by molar-refractivity contribution is -0.148. The van der Waals surface area contributed by atoms with Crippen molar-refractivity contribution in [1.82, 2.24) is 14.5 Å². The first-order valence-electron chi connectivity index (χ1n) is 8.85. The number of aryl methyl sites for hydroxylation is 1. The van der Waals surface area contributed by atoms with Gasteiger partial charge in [-0.2, -0.15) is 0 Å². The van der Waals surface area contributed by atoms with Crippen molar-refractivity contribution < 1.29 is 9.53 Å². The molecular formula is C17H28N4O2. The Bertz CT molecular complexity index is 516. The number of hydrogen-bond donors (Lipinski definition) is 0. The average molecular weight is 320 g/mol. The minimum atomic E-state index is -0.266. The maximum absolute atomic E-state index is 12.7. The highest BCUT2D eigenvalue weighted by Gasteiger charge is 2.30. The molecule has 2 fully saturated rings. The van der Waals surface area contributed by atoms with Crippen LogP contribution in [-0.2, 0) is 16.6 Å². The van der Waals surface area contributed by atoms with Crippen LogP contribution in [0.25, 0.3) is 0 Å². The minimum absolute atomic E-state index is 0.166. The maximum Gasteiger partial charge on any atom is 0.251 e. The topological polar surface area (TPSA) is 50.6 Å². The fourth-order valence-corrected chi connectivity index (χ4v) is 3.58. The van der Waals surface area contributed by atoms with Crippen molar-refractivity contribution in [3.63, 3.8) is 0 Å². The molecule has 0 unspecified atom stereocenters. The van der Waals surface area contributed by atoms with Gasteiger partial charge in [0.1, 0.15) is 6.10 Å². The number of hydrogen-bond acceptors (Lipinski definition) is 4. The van der Waals surface area contributed by atoms with Crippen molar-refractivity contribution in [2.24, 2.45) is 7.05 Å². The number of ether oxygens (including phenoxy) is 1. The molecule has 0 aromatic carbocycles. The van der Waals surface area contributed by atoms with Gasteiger partial charge in [-0.1, -0.05) is 19.8 Å². The van der Waals surface area contributed by atoms with Gasteiger partial charge in [-0.3, -0.25) is 4.79 Å². The van der Waals surface area contributed by atoms with Crippen LogP contribution in [0.1, 0.15) is 39.0 Å². The average Bonchev–Trinajstić information content (AvgIpc) is 3.23. The maximum atomic E-state index is 12.7. The summed E-state index contributed by atoms with van der Waals surface area (Å²) in [5.41, 5.74) is 0. The molecule has 23 heavy (non-hydrogen) atoms. The minimum Gasteiger partial charge on any atom is -0.365 e. The van der Waals surface area contributed by atoms with E-state index in [1.54, 1.807) is 0 Å². The predicted octanol–water partition coefficient (Wildman–Crippen LogP) is 1.81. The number of rotatable bonds is 5. The van der Waals surface area contributed by atoms with E-state index in [-0.39, 0.29) is 18.1 Å². The van der Waals surface area contributed by atoms with E-state index in [2.05, 4.69) is 9.88 Å². The highest BCUT2D eigenvalue weighted by atomic mass is 16.5. The molecule has 0 radical (unpaired) electrons. The van der Waals surface area contributed by atoms with E-state index in [4.69, 9.17) is 4.74 Å². The molecule has 1 aliphatic heterocycles. The lowest BCUT2D eigenvalue weighted by Crippen LogP contribution is -2.52. The summed E-state index contributed by atoms with van der Waals surface area (Å²) in [4.78, 5) is 21.3. The summed E-state index contributed by atoms with van der Waals surface area (Å²) in [5.74, 6) is 1.14. The van der Waals surface area contributed by atoms with Crippen LogP contribution in [0.3, 0.4) is 0 Å². The third-order valence-electron chi connectivity index (χ3n) is 4.98.